The average Bonchev–Trinajstić information content (AvgIpc) is 2.69. The Labute approximate surface area is 173 Å². The summed E-state index contributed by atoms with van der Waals surface area (Å²) in [4.78, 5) is 20.6. The average molecular weight is 426 g/mol. The number of aryl methyl sites for hydroxylation is 1. The molecule has 0 aliphatic heterocycles. The summed E-state index contributed by atoms with van der Waals surface area (Å²) in [6.07, 6.45) is -0.791. The number of alkyl halides is 3. The summed E-state index contributed by atoms with van der Waals surface area (Å²) < 4.78 is 46.9. The van der Waals surface area contributed by atoms with E-state index in [1.54, 1.807) is 32.2 Å². The van der Waals surface area contributed by atoms with Crippen molar-refractivity contribution in [3.05, 3.63) is 47.4 Å². The number of nitrogens with one attached hydrogen (secondary N) is 2. The van der Waals surface area contributed by atoms with E-state index in [4.69, 9.17) is 9.47 Å². The first-order chi connectivity index (χ1) is 14.2. The molecule has 164 valence electrons. The van der Waals surface area contributed by atoms with Crippen LogP contribution in [-0.2, 0) is 4.74 Å². The number of carbonyl (C=O) groups excluding carboxylic acids is 1. The van der Waals surface area contributed by atoms with Gasteiger partial charge in [-0.05, 0) is 49.6 Å². The third kappa shape index (κ3) is 7.51. The van der Waals surface area contributed by atoms with Crippen LogP contribution in [0, 0.1) is 6.92 Å². The molecule has 10 heteroatoms. The highest BCUT2D eigenvalue weighted by atomic mass is 19.4. The Morgan fingerprint density at radius 2 is 2.03 bits per heavy atom. The van der Waals surface area contributed by atoms with E-state index >= 15 is 0 Å². The normalized spacial score (nSPS) is 12.3. The molecule has 0 saturated carbocycles. The van der Waals surface area contributed by atoms with Gasteiger partial charge in [0, 0.05) is 12.8 Å². The van der Waals surface area contributed by atoms with Gasteiger partial charge in [-0.2, -0.15) is 13.2 Å². The van der Waals surface area contributed by atoms with Gasteiger partial charge in [0.1, 0.15) is 24.0 Å². The molecule has 0 radical (unpaired) electrons. The molecule has 0 aliphatic carbocycles. The smallest absolute Gasteiger partial charge is 0.422 e. The number of anilines is 1. The molecule has 2 aromatic rings. The molecule has 1 atom stereocenters. The number of carbonyl (C=O) groups is 1. The van der Waals surface area contributed by atoms with Crippen LogP contribution in [0.4, 0.5) is 19.0 Å². The van der Waals surface area contributed by atoms with Crippen molar-refractivity contribution in [2.75, 3.05) is 25.3 Å². The van der Waals surface area contributed by atoms with Gasteiger partial charge in [0.2, 0.25) is 0 Å². The molecular weight excluding hydrogens is 401 g/mol. The van der Waals surface area contributed by atoms with Crippen LogP contribution in [0.25, 0.3) is 0 Å². The summed E-state index contributed by atoms with van der Waals surface area (Å²) in [5.74, 6) is 0.141. The lowest BCUT2D eigenvalue weighted by Gasteiger charge is -2.16. The molecule has 2 rings (SSSR count). The van der Waals surface area contributed by atoms with Crippen molar-refractivity contribution in [2.24, 2.45) is 0 Å². The van der Waals surface area contributed by atoms with E-state index in [0.29, 0.717) is 24.7 Å². The number of halogens is 3. The zero-order valence-electron chi connectivity index (χ0n) is 17.0. The van der Waals surface area contributed by atoms with Crippen molar-refractivity contribution in [1.82, 2.24) is 15.3 Å². The van der Waals surface area contributed by atoms with Gasteiger partial charge < -0.3 is 20.1 Å². The molecular formula is C20H25F3N4O3. The standard InChI is InChI=1S/C20H25F3N4O3/c1-4-7-29-12-26-18-9-15(5-6-24-18)14(3)27-19(28)16-8-13(2)17(10-25-16)30-11-20(21,22)23/h5-6,8-10,14H,4,7,11-12H2,1-3H3,(H,24,26)(H,27,28). The number of amides is 1. The predicted molar refractivity (Wildman–Crippen MR) is 105 cm³/mol. The number of hydrogen-bond donors (Lipinski definition) is 2. The van der Waals surface area contributed by atoms with Crippen LogP contribution in [0.3, 0.4) is 0 Å². The minimum atomic E-state index is -4.45. The Hall–Kier alpha value is -2.88. The lowest BCUT2D eigenvalue weighted by molar-refractivity contribution is -0.153. The maximum Gasteiger partial charge on any atom is 0.422 e. The number of hydrogen-bond acceptors (Lipinski definition) is 6. The highest BCUT2D eigenvalue weighted by Crippen LogP contribution is 2.22. The summed E-state index contributed by atoms with van der Waals surface area (Å²) in [7, 11) is 0. The van der Waals surface area contributed by atoms with Gasteiger partial charge in [0.15, 0.2) is 6.61 Å². The third-order valence-electron chi connectivity index (χ3n) is 4.02. The molecule has 0 bridgehead atoms. The second-order valence-electron chi connectivity index (χ2n) is 6.64. The molecule has 1 amide bonds. The van der Waals surface area contributed by atoms with E-state index in [1.807, 2.05) is 6.92 Å². The maximum absolute atomic E-state index is 12.5. The summed E-state index contributed by atoms with van der Waals surface area (Å²) in [5.41, 5.74) is 1.28. The fraction of sp³-hybridized carbons (Fsp3) is 0.450. The van der Waals surface area contributed by atoms with E-state index < -0.39 is 18.7 Å². The molecule has 30 heavy (non-hydrogen) atoms. The first-order valence-corrected chi connectivity index (χ1v) is 9.44. The second-order valence-corrected chi connectivity index (χ2v) is 6.64. The molecule has 0 aliphatic rings. The Morgan fingerprint density at radius 3 is 2.70 bits per heavy atom. The molecule has 0 aromatic carbocycles. The molecule has 1 unspecified atom stereocenters. The van der Waals surface area contributed by atoms with Crippen molar-refractivity contribution in [3.8, 4) is 5.75 Å². The van der Waals surface area contributed by atoms with E-state index in [1.165, 1.54) is 6.07 Å². The van der Waals surface area contributed by atoms with E-state index in [0.717, 1.165) is 18.2 Å². The fourth-order valence-electron chi connectivity index (χ4n) is 2.49. The van der Waals surface area contributed by atoms with Gasteiger partial charge in [-0.1, -0.05) is 6.92 Å². The van der Waals surface area contributed by atoms with Crippen LogP contribution >= 0.6 is 0 Å². The monoisotopic (exact) mass is 426 g/mol. The molecule has 0 saturated heterocycles. The van der Waals surface area contributed by atoms with Gasteiger partial charge in [-0.25, -0.2) is 9.97 Å². The van der Waals surface area contributed by atoms with Crippen molar-refractivity contribution >= 4 is 11.7 Å². The van der Waals surface area contributed by atoms with Crippen LogP contribution < -0.4 is 15.4 Å². The zero-order chi connectivity index (χ0) is 22.1. The van der Waals surface area contributed by atoms with E-state index in [2.05, 4.69) is 20.6 Å². The van der Waals surface area contributed by atoms with Gasteiger partial charge in [-0.15, -0.1) is 0 Å². The minimum Gasteiger partial charge on any atom is -0.482 e. The summed E-state index contributed by atoms with van der Waals surface area (Å²) in [5, 5.41) is 5.85. The van der Waals surface area contributed by atoms with Crippen LogP contribution in [0.5, 0.6) is 5.75 Å². The quantitative estimate of drug-likeness (QED) is 0.441. The van der Waals surface area contributed by atoms with Crippen molar-refractivity contribution in [1.29, 1.82) is 0 Å². The Bertz CT molecular complexity index is 846. The second kappa shape index (κ2) is 10.8. The molecule has 2 heterocycles. The third-order valence-corrected chi connectivity index (χ3v) is 4.02. The summed E-state index contributed by atoms with van der Waals surface area (Å²) in [6, 6.07) is 4.61. The van der Waals surface area contributed by atoms with E-state index in [-0.39, 0.29) is 17.5 Å². The number of nitrogens with zero attached hydrogens (tertiary/aromatic N) is 2. The van der Waals surface area contributed by atoms with Crippen molar-refractivity contribution in [3.63, 3.8) is 0 Å². The Balaban J connectivity index is 1.97. The lowest BCUT2D eigenvalue weighted by Crippen LogP contribution is -2.27. The molecule has 7 nitrogen and oxygen atoms in total. The Morgan fingerprint density at radius 1 is 1.27 bits per heavy atom. The number of rotatable bonds is 10. The minimum absolute atomic E-state index is 0.0212. The van der Waals surface area contributed by atoms with Crippen LogP contribution in [0.15, 0.2) is 30.6 Å². The van der Waals surface area contributed by atoms with Gasteiger partial charge in [0.05, 0.1) is 12.2 Å². The van der Waals surface area contributed by atoms with Crippen molar-refractivity contribution in [2.45, 2.75) is 39.4 Å². The number of aromatic nitrogens is 2. The summed E-state index contributed by atoms with van der Waals surface area (Å²) in [6.45, 7) is 4.93. The van der Waals surface area contributed by atoms with Crippen LogP contribution in [0.2, 0.25) is 0 Å². The maximum atomic E-state index is 12.5. The SMILES string of the molecule is CCCOCNc1cc(C(C)NC(=O)c2cc(C)c(OCC(F)(F)F)cn2)ccn1. The number of ether oxygens (including phenoxy) is 2. The van der Waals surface area contributed by atoms with Crippen LogP contribution in [-0.4, -0.2) is 42.0 Å². The van der Waals surface area contributed by atoms with Gasteiger partial charge >= 0.3 is 6.18 Å². The molecule has 2 aromatic heterocycles. The highest BCUT2D eigenvalue weighted by molar-refractivity contribution is 5.92. The molecule has 0 fully saturated rings. The Kier molecular flexibility index (Phi) is 8.40. The van der Waals surface area contributed by atoms with E-state index in [9.17, 15) is 18.0 Å². The highest BCUT2D eigenvalue weighted by Gasteiger charge is 2.28. The topological polar surface area (TPSA) is 85.4 Å². The zero-order valence-corrected chi connectivity index (χ0v) is 17.0. The van der Waals surface area contributed by atoms with Gasteiger partial charge in [0.25, 0.3) is 5.91 Å². The van der Waals surface area contributed by atoms with Gasteiger partial charge in [-0.3, -0.25) is 4.79 Å². The molecule has 0 spiro atoms. The fourth-order valence-corrected chi connectivity index (χ4v) is 2.49. The predicted octanol–water partition coefficient (Wildman–Crippen LogP) is 4.01. The first kappa shape index (κ1) is 23.4. The van der Waals surface area contributed by atoms with Crippen LogP contribution in [0.1, 0.15) is 47.9 Å². The largest absolute Gasteiger partial charge is 0.482 e. The van der Waals surface area contributed by atoms with Crippen molar-refractivity contribution < 1.29 is 27.4 Å². The molecule has 2 N–H and O–H groups in total. The summed E-state index contributed by atoms with van der Waals surface area (Å²) >= 11 is 0. The first-order valence-electron chi connectivity index (χ1n) is 9.44. The lowest BCUT2D eigenvalue weighted by atomic mass is 10.1. The number of pyridine rings is 2.